The smallest absolute Gasteiger partial charge is 0.342 e. The van der Waals surface area contributed by atoms with E-state index in [1.165, 1.54) is 13.0 Å². The van der Waals surface area contributed by atoms with Gasteiger partial charge in [0, 0.05) is 11.8 Å². The molecule has 2 heterocycles. The standard InChI is InChI=1S/C18H15F2N3O5/c1-3-27-18(26)14-9(2)28-16-15(14)17(25)23(8-21-16)7-13(24)22-10-4-5-11(19)12(20)6-10/h4-6,8H,3,7H2,1-2H3,(H,22,24). The molecule has 0 aliphatic heterocycles. The first-order valence-corrected chi connectivity index (χ1v) is 8.22. The number of hydrogen-bond acceptors (Lipinski definition) is 6. The molecule has 3 rings (SSSR count). The fourth-order valence-corrected chi connectivity index (χ4v) is 2.63. The molecule has 0 aliphatic rings. The zero-order valence-electron chi connectivity index (χ0n) is 14.9. The van der Waals surface area contributed by atoms with Crippen molar-refractivity contribution in [3.8, 4) is 0 Å². The maximum Gasteiger partial charge on any atom is 0.342 e. The number of anilines is 1. The lowest BCUT2D eigenvalue weighted by Crippen LogP contribution is -2.28. The highest BCUT2D eigenvalue weighted by Gasteiger charge is 2.24. The molecule has 0 radical (unpaired) electrons. The van der Waals surface area contributed by atoms with Crippen molar-refractivity contribution in [3.63, 3.8) is 0 Å². The number of fused-ring (bicyclic) bond motifs is 1. The molecule has 2 aromatic heterocycles. The minimum Gasteiger partial charge on any atom is -0.462 e. The molecule has 0 saturated carbocycles. The Balaban J connectivity index is 1.91. The zero-order chi connectivity index (χ0) is 20.4. The van der Waals surface area contributed by atoms with Crippen LogP contribution in [0.4, 0.5) is 14.5 Å². The summed E-state index contributed by atoms with van der Waals surface area (Å²) in [6.07, 6.45) is 1.09. The summed E-state index contributed by atoms with van der Waals surface area (Å²) < 4.78 is 37.4. The fourth-order valence-electron chi connectivity index (χ4n) is 2.63. The Hall–Kier alpha value is -3.56. The van der Waals surface area contributed by atoms with Crippen molar-refractivity contribution in [3.05, 3.63) is 57.8 Å². The Morgan fingerprint density at radius 3 is 2.71 bits per heavy atom. The monoisotopic (exact) mass is 391 g/mol. The van der Waals surface area contributed by atoms with Crippen LogP contribution in [0.1, 0.15) is 23.0 Å². The Kier molecular flexibility index (Phi) is 5.21. The van der Waals surface area contributed by atoms with E-state index in [-0.39, 0.29) is 34.7 Å². The maximum absolute atomic E-state index is 13.2. The lowest BCUT2D eigenvalue weighted by molar-refractivity contribution is -0.116. The van der Waals surface area contributed by atoms with E-state index in [0.29, 0.717) is 0 Å². The lowest BCUT2D eigenvalue weighted by Gasteiger charge is -2.07. The first-order chi connectivity index (χ1) is 13.3. The highest BCUT2D eigenvalue weighted by atomic mass is 19.2. The molecule has 0 atom stereocenters. The summed E-state index contributed by atoms with van der Waals surface area (Å²) in [7, 11) is 0. The van der Waals surface area contributed by atoms with Crippen LogP contribution in [0.5, 0.6) is 0 Å². The van der Waals surface area contributed by atoms with Gasteiger partial charge in [-0.15, -0.1) is 0 Å². The molecule has 0 aliphatic carbocycles. The van der Waals surface area contributed by atoms with E-state index in [4.69, 9.17) is 9.15 Å². The molecule has 28 heavy (non-hydrogen) atoms. The van der Waals surface area contributed by atoms with Crippen LogP contribution in [0.3, 0.4) is 0 Å². The molecule has 1 amide bonds. The number of nitrogens with one attached hydrogen (secondary N) is 1. The Morgan fingerprint density at radius 2 is 2.04 bits per heavy atom. The van der Waals surface area contributed by atoms with E-state index in [2.05, 4.69) is 10.3 Å². The average molecular weight is 391 g/mol. The van der Waals surface area contributed by atoms with Crippen LogP contribution in [-0.2, 0) is 16.1 Å². The van der Waals surface area contributed by atoms with Gasteiger partial charge in [0.25, 0.3) is 5.56 Å². The van der Waals surface area contributed by atoms with Gasteiger partial charge in [-0.25, -0.2) is 18.6 Å². The van der Waals surface area contributed by atoms with Crippen LogP contribution in [0, 0.1) is 18.6 Å². The predicted octanol–water partition coefficient (Wildman–Crippen LogP) is 2.39. The number of rotatable bonds is 5. The first-order valence-electron chi connectivity index (χ1n) is 8.22. The molecule has 0 saturated heterocycles. The van der Waals surface area contributed by atoms with Crippen LogP contribution < -0.4 is 10.9 Å². The van der Waals surface area contributed by atoms with Crippen LogP contribution in [0.15, 0.2) is 33.7 Å². The third-order valence-electron chi connectivity index (χ3n) is 3.85. The molecule has 1 N–H and O–H groups in total. The van der Waals surface area contributed by atoms with Crippen molar-refractivity contribution >= 4 is 28.7 Å². The highest BCUT2D eigenvalue weighted by molar-refractivity contribution is 6.03. The van der Waals surface area contributed by atoms with Gasteiger partial charge in [-0.05, 0) is 26.0 Å². The Morgan fingerprint density at radius 1 is 1.29 bits per heavy atom. The van der Waals surface area contributed by atoms with Gasteiger partial charge in [0.15, 0.2) is 11.6 Å². The molecule has 3 aromatic rings. The number of ether oxygens (including phenoxy) is 1. The number of carbonyl (C=O) groups excluding carboxylic acids is 2. The number of furan rings is 1. The number of halogens is 2. The fraction of sp³-hybridized carbons (Fsp3) is 0.222. The molecule has 0 unspecified atom stereocenters. The summed E-state index contributed by atoms with van der Waals surface area (Å²) in [5, 5.41) is 2.25. The SMILES string of the molecule is CCOC(=O)c1c(C)oc2ncn(CC(=O)Nc3ccc(F)c(F)c3)c(=O)c12. The topological polar surface area (TPSA) is 103 Å². The zero-order valence-corrected chi connectivity index (χ0v) is 14.9. The minimum atomic E-state index is -1.12. The van der Waals surface area contributed by atoms with E-state index in [1.807, 2.05) is 0 Å². The molecule has 0 fully saturated rings. The van der Waals surface area contributed by atoms with Crippen molar-refractivity contribution in [1.29, 1.82) is 0 Å². The van der Waals surface area contributed by atoms with E-state index in [1.54, 1.807) is 6.92 Å². The van der Waals surface area contributed by atoms with Gasteiger partial charge >= 0.3 is 5.97 Å². The summed E-state index contributed by atoms with van der Waals surface area (Å²) in [4.78, 5) is 41.0. The average Bonchev–Trinajstić information content (AvgIpc) is 2.98. The van der Waals surface area contributed by atoms with Crippen LogP contribution in [0.25, 0.3) is 11.1 Å². The maximum atomic E-state index is 13.2. The van der Waals surface area contributed by atoms with Crippen LogP contribution in [-0.4, -0.2) is 28.0 Å². The quantitative estimate of drug-likeness (QED) is 0.670. The number of hydrogen-bond donors (Lipinski definition) is 1. The normalized spacial score (nSPS) is 10.9. The van der Waals surface area contributed by atoms with Gasteiger partial charge in [0.1, 0.15) is 29.6 Å². The van der Waals surface area contributed by atoms with E-state index in [9.17, 15) is 23.2 Å². The van der Waals surface area contributed by atoms with Crippen LogP contribution >= 0.6 is 0 Å². The van der Waals surface area contributed by atoms with Gasteiger partial charge in [0.05, 0.1) is 6.61 Å². The lowest BCUT2D eigenvalue weighted by atomic mass is 10.2. The molecule has 1 aromatic carbocycles. The number of esters is 1. The van der Waals surface area contributed by atoms with Gasteiger partial charge in [-0.3, -0.25) is 14.2 Å². The number of amides is 1. The number of nitrogens with zero attached hydrogens (tertiary/aromatic N) is 2. The van der Waals surface area contributed by atoms with Crippen molar-refractivity contribution < 1.29 is 27.5 Å². The number of aromatic nitrogens is 2. The highest BCUT2D eigenvalue weighted by Crippen LogP contribution is 2.21. The number of benzene rings is 1. The van der Waals surface area contributed by atoms with Gasteiger partial charge < -0.3 is 14.5 Å². The largest absolute Gasteiger partial charge is 0.462 e. The first kappa shape index (κ1) is 19.2. The summed E-state index contributed by atoms with van der Waals surface area (Å²) in [6.45, 7) is 2.76. The molecular formula is C18H15F2N3O5. The van der Waals surface area contributed by atoms with E-state index >= 15 is 0 Å². The second-order valence-electron chi connectivity index (χ2n) is 5.79. The molecule has 8 nitrogen and oxygen atoms in total. The van der Waals surface area contributed by atoms with Crippen LogP contribution in [0.2, 0.25) is 0 Å². The van der Waals surface area contributed by atoms with Crippen molar-refractivity contribution in [1.82, 2.24) is 9.55 Å². The second kappa shape index (κ2) is 7.59. The Bertz CT molecular complexity index is 1140. The molecule has 0 bridgehead atoms. The van der Waals surface area contributed by atoms with E-state index < -0.39 is 35.6 Å². The predicted molar refractivity (Wildman–Crippen MR) is 94.0 cm³/mol. The number of carbonyl (C=O) groups is 2. The third-order valence-corrected chi connectivity index (χ3v) is 3.85. The molecule has 10 heteroatoms. The Labute approximate surface area is 156 Å². The summed E-state index contributed by atoms with van der Waals surface area (Å²) in [5.74, 6) is -3.41. The minimum absolute atomic E-state index is 0.0253. The van der Waals surface area contributed by atoms with E-state index in [0.717, 1.165) is 23.0 Å². The van der Waals surface area contributed by atoms with Gasteiger partial charge in [-0.1, -0.05) is 0 Å². The second-order valence-corrected chi connectivity index (χ2v) is 5.79. The van der Waals surface area contributed by atoms with Crippen molar-refractivity contribution in [2.24, 2.45) is 0 Å². The molecule has 146 valence electrons. The summed E-state index contributed by atoms with van der Waals surface area (Å²) in [6, 6.07) is 2.86. The summed E-state index contributed by atoms with van der Waals surface area (Å²) >= 11 is 0. The van der Waals surface area contributed by atoms with Crippen molar-refractivity contribution in [2.45, 2.75) is 20.4 Å². The van der Waals surface area contributed by atoms with Gasteiger partial charge in [-0.2, -0.15) is 0 Å². The van der Waals surface area contributed by atoms with Gasteiger partial charge in [0.2, 0.25) is 11.6 Å². The molecular weight excluding hydrogens is 376 g/mol. The molecule has 0 spiro atoms. The third kappa shape index (κ3) is 3.61. The van der Waals surface area contributed by atoms with Crippen molar-refractivity contribution in [2.75, 3.05) is 11.9 Å². The number of aryl methyl sites for hydroxylation is 1. The summed E-state index contributed by atoms with van der Waals surface area (Å²) in [5.41, 5.74) is -0.754.